The first-order chi connectivity index (χ1) is 34.4. The molecule has 422 valence electrons. The van der Waals surface area contributed by atoms with Gasteiger partial charge in [0, 0.05) is 61.3 Å². The Kier molecular flexibility index (Phi) is 23.5. The van der Waals surface area contributed by atoms with Crippen molar-refractivity contribution in [3.63, 3.8) is 0 Å². The fraction of sp³-hybridized carbons (Fsp3) is 0.769. The second kappa shape index (κ2) is 27.2. The Balaban J connectivity index is 0.000000427. The van der Waals surface area contributed by atoms with Gasteiger partial charge in [-0.1, -0.05) is 69.4 Å². The van der Waals surface area contributed by atoms with Crippen molar-refractivity contribution >= 4 is 52.6 Å². The van der Waals surface area contributed by atoms with E-state index in [9.17, 15) is 39.9 Å². The maximum absolute atomic E-state index is 14.1. The van der Waals surface area contributed by atoms with Gasteiger partial charge < -0.3 is 68.5 Å². The zero-order valence-corrected chi connectivity index (χ0v) is 47.7. The Hall–Kier alpha value is -2.73. The minimum Gasteiger partial charge on any atom is -0.489 e. The summed E-state index contributed by atoms with van der Waals surface area (Å²) in [6.45, 7) is 19.6. The van der Waals surface area contributed by atoms with E-state index in [0.717, 1.165) is 6.42 Å². The van der Waals surface area contributed by atoms with E-state index in [2.05, 4.69) is 4.98 Å². The summed E-state index contributed by atoms with van der Waals surface area (Å²) >= 11 is 18.0. The summed E-state index contributed by atoms with van der Waals surface area (Å²) < 4.78 is 44.1. The summed E-state index contributed by atoms with van der Waals surface area (Å²) in [4.78, 5) is 47.7. The molecular formula is C52H83Cl3N4O15. The van der Waals surface area contributed by atoms with E-state index in [4.69, 9.17) is 68.0 Å². The number of hydrogen-bond acceptors (Lipinski definition) is 17. The van der Waals surface area contributed by atoms with Crippen molar-refractivity contribution in [3.05, 3.63) is 45.9 Å². The van der Waals surface area contributed by atoms with Crippen LogP contribution in [0.4, 0.5) is 4.79 Å². The molecule has 1 amide bonds. The lowest BCUT2D eigenvalue weighted by atomic mass is 9.74. The molecule has 4 heterocycles. The molecule has 0 saturated carbocycles. The Labute approximate surface area is 451 Å². The molecule has 0 bridgehead atoms. The number of aromatic nitrogens is 2. The van der Waals surface area contributed by atoms with Crippen LogP contribution in [0, 0.1) is 23.7 Å². The highest BCUT2D eigenvalue weighted by molar-refractivity contribution is 6.40. The third-order valence-corrected chi connectivity index (χ3v) is 15.7. The maximum atomic E-state index is 14.1. The number of halogens is 3. The Morgan fingerprint density at radius 2 is 1.54 bits per heavy atom. The average Bonchev–Trinajstić information content (AvgIpc) is 3.88. The van der Waals surface area contributed by atoms with Gasteiger partial charge in [0.2, 0.25) is 0 Å². The SMILES string of the molecule is CCCN(CCOc1c(Cl)cc(Cl)cc1Cl)C(=O)n1ccnc1.CC[C@H]1OC(=O)[C@H](C)[C@@H](O[C@H]2C[C@@](C)(OC)[C@@H](O)[C@H](C)O2)[C@H](C)[C@@H](O[C@@H]2O[C@H](C)C[C@H](N(C)C)[C@H]2O)[C@](C)(O)C[C@@H](C)C(=O)[C@H](C)[C@@H](O)[C@]1(C)O. The van der Waals surface area contributed by atoms with Gasteiger partial charge in [0.1, 0.15) is 42.6 Å². The minimum atomic E-state index is -1.99. The number of imidazole rings is 1. The maximum Gasteiger partial charge on any atom is 0.329 e. The van der Waals surface area contributed by atoms with Crippen LogP contribution >= 0.6 is 34.8 Å². The number of benzene rings is 1. The first kappa shape index (κ1) is 63.8. The van der Waals surface area contributed by atoms with Gasteiger partial charge >= 0.3 is 12.0 Å². The number of amides is 1. The Morgan fingerprint density at radius 1 is 0.905 bits per heavy atom. The highest BCUT2D eigenvalue weighted by Gasteiger charge is 2.53. The lowest BCUT2D eigenvalue weighted by molar-refractivity contribution is -0.318. The fourth-order valence-electron chi connectivity index (χ4n) is 10.4. The van der Waals surface area contributed by atoms with Gasteiger partial charge in [-0.15, -0.1) is 0 Å². The van der Waals surface area contributed by atoms with Crippen molar-refractivity contribution in [1.29, 1.82) is 0 Å². The molecule has 18 atom stereocenters. The summed E-state index contributed by atoms with van der Waals surface area (Å²) in [7, 11) is 5.18. The van der Waals surface area contributed by atoms with Crippen LogP contribution < -0.4 is 4.74 Å². The quantitative estimate of drug-likeness (QED) is 0.137. The van der Waals surface area contributed by atoms with E-state index in [1.807, 2.05) is 32.8 Å². The van der Waals surface area contributed by atoms with Crippen LogP contribution in [0.25, 0.3) is 0 Å². The van der Waals surface area contributed by atoms with Crippen LogP contribution in [-0.2, 0) is 38.0 Å². The second-order valence-corrected chi connectivity index (χ2v) is 22.5. The predicted molar refractivity (Wildman–Crippen MR) is 278 cm³/mol. The van der Waals surface area contributed by atoms with E-state index in [1.54, 1.807) is 71.0 Å². The van der Waals surface area contributed by atoms with Crippen molar-refractivity contribution < 1.29 is 73.1 Å². The number of Topliss-reactive ketones (excluding diaryl/α,β-unsaturated/α-hetero) is 1. The predicted octanol–water partition coefficient (Wildman–Crippen LogP) is 6.39. The van der Waals surface area contributed by atoms with E-state index in [0.29, 0.717) is 40.3 Å². The highest BCUT2D eigenvalue weighted by Crippen LogP contribution is 2.41. The lowest BCUT2D eigenvalue weighted by Crippen LogP contribution is -2.61. The zero-order chi connectivity index (χ0) is 55.8. The number of ether oxygens (including phenoxy) is 7. The van der Waals surface area contributed by atoms with Gasteiger partial charge in [-0.05, 0) is 93.5 Å². The normalized spacial score (nSPS) is 37.6. The van der Waals surface area contributed by atoms with Crippen LogP contribution in [0.2, 0.25) is 15.1 Å². The molecule has 0 spiro atoms. The fourth-order valence-corrected chi connectivity index (χ4v) is 11.4. The van der Waals surface area contributed by atoms with Crippen molar-refractivity contribution in [2.24, 2.45) is 23.7 Å². The molecule has 3 saturated heterocycles. The molecule has 22 heteroatoms. The molecule has 1 aromatic heterocycles. The largest absolute Gasteiger partial charge is 0.489 e. The van der Waals surface area contributed by atoms with Crippen LogP contribution in [0.15, 0.2) is 30.9 Å². The molecule has 3 fully saturated rings. The molecule has 2 aromatic rings. The third kappa shape index (κ3) is 15.5. The van der Waals surface area contributed by atoms with Gasteiger partial charge in [-0.2, -0.15) is 0 Å². The summed E-state index contributed by atoms with van der Waals surface area (Å²) in [5, 5.41) is 58.7. The van der Waals surface area contributed by atoms with Gasteiger partial charge in [0.15, 0.2) is 18.3 Å². The number of carbonyl (C=O) groups is 3. The number of cyclic esters (lactones) is 1. The molecule has 0 radical (unpaired) electrons. The summed E-state index contributed by atoms with van der Waals surface area (Å²) in [6, 6.07) is 2.65. The van der Waals surface area contributed by atoms with Gasteiger partial charge in [-0.3, -0.25) is 14.2 Å². The zero-order valence-electron chi connectivity index (χ0n) is 45.4. The van der Waals surface area contributed by atoms with Gasteiger partial charge in [0.05, 0.1) is 64.2 Å². The molecule has 5 rings (SSSR count). The molecule has 3 aliphatic heterocycles. The van der Waals surface area contributed by atoms with E-state index >= 15 is 0 Å². The Bertz CT molecular complexity index is 2100. The number of methoxy groups -OCH3 is 1. The molecule has 3 aliphatic rings. The summed E-state index contributed by atoms with van der Waals surface area (Å²) in [5.74, 6) is -4.61. The molecule has 74 heavy (non-hydrogen) atoms. The number of esters is 1. The standard InChI is InChI=1S/C37H67NO13.C15H16Cl3N3O2/c1-14-25-37(10,45)30(41)20(4)27(39)18(2)16-35(8,44)32(51-34-28(40)24(38(11)12)15-19(3)47-34)21(5)29(22(6)33(43)49-25)50-26-17-36(9,46-13)31(42)23(7)48-26;1-2-4-20(15(22)21-5-3-19-10-21)6-7-23-14-12(17)8-11(16)9-13(14)18/h18-26,28-32,34,40-42,44-45H,14-17H2,1-13H3;3,5,8-10H,2,4,6-7H2,1H3/t18-,19-,20+,21+,22-,23+,24+,25-,26+,28-,29+,30-,31+,32-,34+,35-,36-,37-;/m1./s1. The monoisotopic (exact) mass is 1110 g/mol. The van der Waals surface area contributed by atoms with Crippen molar-refractivity contribution in [3.8, 4) is 5.75 Å². The van der Waals surface area contributed by atoms with E-state index in [-0.39, 0.29) is 44.0 Å². The minimum absolute atomic E-state index is 0.0936. The number of aliphatic hydroxyl groups excluding tert-OH is 3. The average molecular weight is 1110 g/mol. The van der Waals surface area contributed by atoms with Crippen LogP contribution in [-0.4, -0.2) is 188 Å². The molecule has 0 aliphatic carbocycles. The number of likely N-dealkylation sites (N-methyl/N-ethyl adjacent to an activating group) is 1. The van der Waals surface area contributed by atoms with Crippen molar-refractivity contribution in [2.45, 2.75) is 193 Å². The smallest absolute Gasteiger partial charge is 0.329 e. The van der Waals surface area contributed by atoms with Crippen LogP contribution in [0.3, 0.4) is 0 Å². The van der Waals surface area contributed by atoms with Gasteiger partial charge in [0.25, 0.3) is 0 Å². The Morgan fingerprint density at radius 3 is 2.09 bits per heavy atom. The number of ketones is 1. The first-order valence-corrected chi connectivity index (χ1v) is 26.7. The number of rotatable bonds is 13. The molecule has 0 unspecified atom stereocenters. The number of hydrogen-bond donors (Lipinski definition) is 5. The molecule has 1 aromatic carbocycles. The molecular weight excluding hydrogens is 1030 g/mol. The number of aliphatic hydroxyl groups is 5. The van der Waals surface area contributed by atoms with Crippen LogP contribution in [0.1, 0.15) is 108 Å². The van der Waals surface area contributed by atoms with Gasteiger partial charge in [-0.25, -0.2) is 9.78 Å². The highest BCUT2D eigenvalue weighted by atomic mass is 35.5. The van der Waals surface area contributed by atoms with Crippen molar-refractivity contribution in [1.82, 2.24) is 19.4 Å². The number of carbonyl (C=O) groups excluding carboxylic acids is 3. The van der Waals surface area contributed by atoms with Crippen molar-refractivity contribution in [2.75, 3.05) is 40.9 Å². The number of nitrogens with zero attached hydrogens (tertiary/aromatic N) is 4. The van der Waals surface area contributed by atoms with E-state index in [1.165, 1.54) is 38.8 Å². The van der Waals surface area contributed by atoms with Crippen LogP contribution in [0.5, 0.6) is 5.75 Å². The molecule has 5 N–H and O–H groups in total. The topological polar surface area (TPSA) is 241 Å². The first-order valence-electron chi connectivity index (χ1n) is 25.6. The molecule has 19 nitrogen and oxygen atoms in total. The second-order valence-electron chi connectivity index (χ2n) is 21.3. The lowest BCUT2D eigenvalue weighted by Gasteiger charge is -2.49. The third-order valence-electron chi connectivity index (χ3n) is 14.9. The summed E-state index contributed by atoms with van der Waals surface area (Å²) in [5.41, 5.74) is -4.84. The summed E-state index contributed by atoms with van der Waals surface area (Å²) in [6.07, 6.45) is -4.23. The van der Waals surface area contributed by atoms with E-state index < -0.39 is 108 Å².